The first-order chi connectivity index (χ1) is 8.48. The second-order valence-electron chi connectivity index (χ2n) is 5.02. The van der Waals surface area contributed by atoms with Crippen molar-refractivity contribution in [1.82, 2.24) is 9.97 Å². The number of nitrogens with zero attached hydrogens (tertiary/aromatic N) is 3. The van der Waals surface area contributed by atoms with Gasteiger partial charge in [0.2, 0.25) is 5.91 Å². The van der Waals surface area contributed by atoms with Gasteiger partial charge in [-0.25, -0.2) is 9.97 Å². The van der Waals surface area contributed by atoms with Crippen LogP contribution in [0.3, 0.4) is 0 Å². The first-order valence-corrected chi connectivity index (χ1v) is 6.02. The van der Waals surface area contributed by atoms with Crippen LogP contribution in [0.1, 0.15) is 18.9 Å². The van der Waals surface area contributed by atoms with Gasteiger partial charge in [0.1, 0.15) is 18.0 Å². The molecule has 3 N–H and O–H groups in total. The van der Waals surface area contributed by atoms with Crippen molar-refractivity contribution in [2.45, 2.75) is 20.3 Å². The van der Waals surface area contributed by atoms with Crippen molar-refractivity contribution in [3.8, 4) is 0 Å². The summed E-state index contributed by atoms with van der Waals surface area (Å²) in [5.74, 6) is 1.44. The monoisotopic (exact) mass is 249 g/mol. The highest BCUT2D eigenvalue weighted by Crippen LogP contribution is 2.34. The van der Waals surface area contributed by atoms with Crippen LogP contribution in [0.4, 0.5) is 11.6 Å². The van der Waals surface area contributed by atoms with Gasteiger partial charge >= 0.3 is 0 Å². The minimum atomic E-state index is -0.461. The quantitative estimate of drug-likeness (QED) is 0.816. The number of carbonyl (C=O) groups excluding carboxylic acids is 1. The SMILES string of the molecule is CNc1ncnc(N2CCC(C)(C(N)=O)C2)c1C. The number of amides is 1. The summed E-state index contributed by atoms with van der Waals surface area (Å²) in [7, 11) is 1.83. The van der Waals surface area contributed by atoms with Gasteiger partial charge < -0.3 is 16.0 Å². The van der Waals surface area contributed by atoms with E-state index < -0.39 is 5.41 Å². The van der Waals surface area contributed by atoms with E-state index in [1.165, 1.54) is 6.33 Å². The van der Waals surface area contributed by atoms with E-state index in [9.17, 15) is 4.79 Å². The summed E-state index contributed by atoms with van der Waals surface area (Å²) in [6.45, 7) is 5.29. The molecule has 1 aliphatic heterocycles. The van der Waals surface area contributed by atoms with Crippen molar-refractivity contribution in [3.05, 3.63) is 11.9 Å². The molecule has 1 unspecified atom stereocenters. The number of primary amides is 1. The molecule has 0 aromatic carbocycles. The lowest BCUT2D eigenvalue weighted by Crippen LogP contribution is -2.37. The summed E-state index contributed by atoms with van der Waals surface area (Å²) in [5, 5.41) is 3.03. The smallest absolute Gasteiger partial charge is 0.225 e. The predicted octanol–water partition coefficient (Wildman–Crippen LogP) is 0.528. The molecule has 1 saturated heterocycles. The van der Waals surface area contributed by atoms with Crippen LogP contribution in [0.25, 0.3) is 0 Å². The van der Waals surface area contributed by atoms with Crippen LogP contribution in [-0.4, -0.2) is 36.0 Å². The minimum absolute atomic E-state index is 0.245. The lowest BCUT2D eigenvalue weighted by Gasteiger charge is -2.23. The Hall–Kier alpha value is -1.85. The van der Waals surface area contributed by atoms with Gasteiger partial charge in [-0.15, -0.1) is 0 Å². The first-order valence-electron chi connectivity index (χ1n) is 6.02. The Balaban J connectivity index is 2.27. The van der Waals surface area contributed by atoms with Crippen LogP contribution in [-0.2, 0) is 4.79 Å². The Labute approximate surface area is 107 Å². The summed E-state index contributed by atoms with van der Waals surface area (Å²) in [4.78, 5) is 22.0. The van der Waals surface area contributed by atoms with Crippen molar-refractivity contribution in [2.75, 3.05) is 30.4 Å². The van der Waals surface area contributed by atoms with Crippen molar-refractivity contribution in [2.24, 2.45) is 11.1 Å². The molecular formula is C12H19N5O. The van der Waals surface area contributed by atoms with E-state index in [0.29, 0.717) is 6.54 Å². The molecule has 0 bridgehead atoms. The Morgan fingerprint density at radius 1 is 1.56 bits per heavy atom. The van der Waals surface area contributed by atoms with Gasteiger partial charge in [0.05, 0.1) is 5.41 Å². The predicted molar refractivity (Wildman–Crippen MR) is 70.4 cm³/mol. The van der Waals surface area contributed by atoms with Gasteiger partial charge in [-0.05, 0) is 20.3 Å². The number of carbonyl (C=O) groups is 1. The summed E-state index contributed by atoms with van der Waals surface area (Å²) >= 11 is 0. The minimum Gasteiger partial charge on any atom is -0.373 e. The molecule has 2 heterocycles. The van der Waals surface area contributed by atoms with E-state index in [1.54, 1.807) is 0 Å². The number of rotatable bonds is 3. The van der Waals surface area contributed by atoms with Crippen LogP contribution in [0.15, 0.2) is 6.33 Å². The molecule has 0 spiro atoms. The fourth-order valence-electron chi connectivity index (χ4n) is 2.35. The van der Waals surface area contributed by atoms with E-state index in [2.05, 4.69) is 20.2 Å². The van der Waals surface area contributed by atoms with Crippen LogP contribution in [0, 0.1) is 12.3 Å². The lowest BCUT2D eigenvalue weighted by atomic mass is 9.89. The normalized spacial score (nSPS) is 23.2. The molecule has 6 heteroatoms. The van der Waals surface area contributed by atoms with Crippen molar-refractivity contribution >= 4 is 17.5 Å². The fraction of sp³-hybridized carbons (Fsp3) is 0.583. The van der Waals surface area contributed by atoms with Gasteiger partial charge in [-0.1, -0.05) is 0 Å². The third kappa shape index (κ3) is 1.98. The molecule has 1 amide bonds. The standard InChI is InChI=1S/C12H19N5O/c1-8-9(14-3)15-7-16-10(8)17-5-4-12(2,6-17)11(13)18/h7H,4-6H2,1-3H3,(H2,13,18)(H,14,15,16). The first kappa shape index (κ1) is 12.6. The van der Waals surface area contributed by atoms with E-state index in [0.717, 1.165) is 30.2 Å². The maximum Gasteiger partial charge on any atom is 0.225 e. The number of nitrogens with two attached hydrogens (primary N) is 1. The van der Waals surface area contributed by atoms with Crippen molar-refractivity contribution in [3.63, 3.8) is 0 Å². The van der Waals surface area contributed by atoms with E-state index >= 15 is 0 Å². The lowest BCUT2D eigenvalue weighted by molar-refractivity contribution is -0.125. The highest BCUT2D eigenvalue weighted by Gasteiger charge is 2.39. The molecule has 0 saturated carbocycles. The molecule has 2 rings (SSSR count). The van der Waals surface area contributed by atoms with Crippen LogP contribution in [0.5, 0.6) is 0 Å². The molecule has 1 aromatic heterocycles. The zero-order chi connectivity index (χ0) is 13.3. The molecule has 1 aromatic rings. The molecule has 6 nitrogen and oxygen atoms in total. The molecule has 1 aliphatic rings. The number of hydrogen-bond acceptors (Lipinski definition) is 5. The van der Waals surface area contributed by atoms with Crippen molar-refractivity contribution in [1.29, 1.82) is 0 Å². The number of hydrogen-bond donors (Lipinski definition) is 2. The summed E-state index contributed by atoms with van der Waals surface area (Å²) in [5.41, 5.74) is 5.99. The fourth-order valence-corrected chi connectivity index (χ4v) is 2.35. The van der Waals surface area contributed by atoms with Crippen LogP contribution in [0.2, 0.25) is 0 Å². The Morgan fingerprint density at radius 2 is 2.28 bits per heavy atom. The summed E-state index contributed by atoms with van der Waals surface area (Å²) < 4.78 is 0. The van der Waals surface area contributed by atoms with Crippen LogP contribution >= 0.6 is 0 Å². The zero-order valence-corrected chi connectivity index (χ0v) is 11.0. The molecule has 0 radical (unpaired) electrons. The second kappa shape index (κ2) is 4.44. The Bertz CT molecular complexity index is 476. The van der Waals surface area contributed by atoms with Crippen molar-refractivity contribution < 1.29 is 4.79 Å². The van der Waals surface area contributed by atoms with E-state index in [-0.39, 0.29) is 5.91 Å². The highest BCUT2D eigenvalue weighted by molar-refractivity contribution is 5.82. The number of anilines is 2. The molecule has 1 atom stereocenters. The number of nitrogens with one attached hydrogen (secondary N) is 1. The highest BCUT2D eigenvalue weighted by atomic mass is 16.1. The molecule has 18 heavy (non-hydrogen) atoms. The summed E-state index contributed by atoms with van der Waals surface area (Å²) in [6, 6.07) is 0. The van der Waals surface area contributed by atoms with Gasteiger partial charge in [0.25, 0.3) is 0 Å². The van der Waals surface area contributed by atoms with Gasteiger partial charge in [-0.2, -0.15) is 0 Å². The molecule has 1 fully saturated rings. The second-order valence-corrected chi connectivity index (χ2v) is 5.02. The average Bonchev–Trinajstić information content (AvgIpc) is 2.73. The molecule has 0 aliphatic carbocycles. The van der Waals surface area contributed by atoms with Gasteiger partial charge in [0, 0.05) is 25.7 Å². The number of aromatic nitrogens is 2. The topological polar surface area (TPSA) is 84.1 Å². The van der Waals surface area contributed by atoms with Gasteiger partial charge in [-0.3, -0.25) is 4.79 Å². The van der Waals surface area contributed by atoms with E-state index in [1.807, 2.05) is 20.9 Å². The maximum atomic E-state index is 11.5. The largest absolute Gasteiger partial charge is 0.373 e. The molecular weight excluding hydrogens is 230 g/mol. The van der Waals surface area contributed by atoms with Gasteiger partial charge in [0.15, 0.2) is 0 Å². The maximum absolute atomic E-state index is 11.5. The van der Waals surface area contributed by atoms with Crippen LogP contribution < -0.4 is 16.0 Å². The molecule has 98 valence electrons. The third-order valence-corrected chi connectivity index (χ3v) is 3.66. The third-order valence-electron chi connectivity index (χ3n) is 3.66. The average molecular weight is 249 g/mol. The Morgan fingerprint density at radius 3 is 2.83 bits per heavy atom. The zero-order valence-electron chi connectivity index (χ0n) is 11.0. The Kier molecular flexibility index (Phi) is 3.11. The van der Waals surface area contributed by atoms with E-state index in [4.69, 9.17) is 5.73 Å². The summed E-state index contributed by atoms with van der Waals surface area (Å²) in [6.07, 6.45) is 2.30.